The minimum atomic E-state index is -0.955. The third-order valence-corrected chi connectivity index (χ3v) is 2.99. The van der Waals surface area contributed by atoms with Crippen molar-refractivity contribution in [3.8, 4) is 0 Å². The molecule has 1 rings (SSSR count). The monoisotopic (exact) mass is 328 g/mol. The SMILES string of the molecule is Cc1ccc(Br)cc1NC(=O)NC(C)(C)CC(=O)O. The molecule has 0 aliphatic rings. The van der Waals surface area contributed by atoms with Gasteiger partial charge in [-0.05, 0) is 38.5 Å². The molecule has 5 nitrogen and oxygen atoms in total. The lowest BCUT2D eigenvalue weighted by atomic mass is 10.0. The second-order valence-corrected chi connectivity index (χ2v) is 5.91. The molecule has 0 bridgehead atoms. The molecular formula is C13H17BrN2O3. The second kappa shape index (κ2) is 6.06. The van der Waals surface area contributed by atoms with Crippen LogP contribution < -0.4 is 10.6 Å². The van der Waals surface area contributed by atoms with E-state index in [4.69, 9.17) is 5.11 Å². The van der Waals surface area contributed by atoms with Gasteiger partial charge in [-0.2, -0.15) is 0 Å². The first-order chi connectivity index (χ1) is 8.69. The zero-order valence-corrected chi connectivity index (χ0v) is 12.7. The van der Waals surface area contributed by atoms with Gasteiger partial charge in [0.05, 0.1) is 6.42 Å². The number of anilines is 1. The fourth-order valence-corrected chi connectivity index (χ4v) is 1.97. The van der Waals surface area contributed by atoms with Crippen molar-refractivity contribution >= 4 is 33.6 Å². The lowest BCUT2D eigenvalue weighted by molar-refractivity contribution is -0.138. The van der Waals surface area contributed by atoms with Crippen LogP contribution in [0.3, 0.4) is 0 Å². The van der Waals surface area contributed by atoms with E-state index in [2.05, 4.69) is 26.6 Å². The lowest BCUT2D eigenvalue weighted by Crippen LogP contribution is -2.46. The van der Waals surface area contributed by atoms with Crippen LogP contribution >= 0.6 is 15.9 Å². The van der Waals surface area contributed by atoms with Gasteiger partial charge in [0.2, 0.25) is 0 Å². The van der Waals surface area contributed by atoms with Crippen LogP contribution in [0.4, 0.5) is 10.5 Å². The van der Waals surface area contributed by atoms with E-state index >= 15 is 0 Å². The largest absolute Gasteiger partial charge is 0.481 e. The van der Waals surface area contributed by atoms with E-state index in [0.717, 1.165) is 10.0 Å². The number of carbonyl (C=O) groups is 2. The molecule has 0 unspecified atom stereocenters. The summed E-state index contributed by atoms with van der Waals surface area (Å²) in [7, 11) is 0. The van der Waals surface area contributed by atoms with E-state index in [1.807, 2.05) is 19.1 Å². The quantitative estimate of drug-likeness (QED) is 0.794. The van der Waals surface area contributed by atoms with E-state index < -0.39 is 17.5 Å². The third kappa shape index (κ3) is 5.30. The maximum atomic E-state index is 11.8. The smallest absolute Gasteiger partial charge is 0.319 e. The van der Waals surface area contributed by atoms with Gasteiger partial charge < -0.3 is 15.7 Å². The number of carboxylic acid groups (broad SMARTS) is 1. The van der Waals surface area contributed by atoms with Gasteiger partial charge in [0, 0.05) is 15.7 Å². The normalized spacial score (nSPS) is 10.9. The van der Waals surface area contributed by atoms with Crippen molar-refractivity contribution < 1.29 is 14.7 Å². The zero-order chi connectivity index (χ0) is 14.6. The Bertz CT molecular complexity index is 501. The molecule has 1 aromatic rings. The summed E-state index contributed by atoms with van der Waals surface area (Å²) >= 11 is 3.33. The number of urea groups is 1. The lowest BCUT2D eigenvalue weighted by Gasteiger charge is -2.24. The molecule has 3 N–H and O–H groups in total. The van der Waals surface area contributed by atoms with Crippen LogP contribution in [-0.2, 0) is 4.79 Å². The molecule has 104 valence electrons. The Morgan fingerprint density at radius 3 is 2.58 bits per heavy atom. The summed E-state index contributed by atoms with van der Waals surface area (Å²) in [5.41, 5.74) is 0.794. The fraction of sp³-hybridized carbons (Fsp3) is 0.385. The molecule has 0 spiro atoms. The Morgan fingerprint density at radius 2 is 2.00 bits per heavy atom. The zero-order valence-electron chi connectivity index (χ0n) is 11.1. The summed E-state index contributed by atoms with van der Waals surface area (Å²) in [6.07, 6.45) is -0.141. The molecule has 0 heterocycles. The molecule has 0 aliphatic heterocycles. The average molecular weight is 329 g/mol. The number of carbonyl (C=O) groups excluding carboxylic acids is 1. The average Bonchev–Trinajstić information content (AvgIpc) is 2.20. The molecule has 0 fully saturated rings. The summed E-state index contributed by atoms with van der Waals surface area (Å²) in [6.45, 7) is 5.20. The van der Waals surface area contributed by atoms with Crippen molar-refractivity contribution in [3.63, 3.8) is 0 Å². The van der Waals surface area contributed by atoms with E-state index in [1.54, 1.807) is 19.9 Å². The van der Waals surface area contributed by atoms with Crippen LogP contribution in [0.2, 0.25) is 0 Å². The van der Waals surface area contributed by atoms with Crippen molar-refractivity contribution in [1.82, 2.24) is 5.32 Å². The van der Waals surface area contributed by atoms with Crippen LogP contribution in [0.5, 0.6) is 0 Å². The Balaban J connectivity index is 2.70. The number of carboxylic acids is 1. The Labute approximate surface area is 120 Å². The molecule has 2 amide bonds. The number of halogens is 1. The number of nitrogens with one attached hydrogen (secondary N) is 2. The number of aliphatic carboxylic acids is 1. The van der Waals surface area contributed by atoms with Crippen molar-refractivity contribution in [3.05, 3.63) is 28.2 Å². The molecule has 0 aliphatic carbocycles. The Morgan fingerprint density at radius 1 is 1.37 bits per heavy atom. The molecule has 0 radical (unpaired) electrons. The number of amides is 2. The number of hydrogen-bond acceptors (Lipinski definition) is 2. The number of aryl methyl sites for hydroxylation is 1. The predicted octanol–water partition coefficient (Wildman–Crippen LogP) is 3.13. The maximum Gasteiger partial charge on any atom is 0.319 e. The van der Waals surface area contributed by atoms with E-state index in [-0.39, 0.29) is 6.42 Å². The van der Waals surface area contributed by atoms with Crippen molar-refractivity contribution in [2.24, 2.45) is 0 Å². The molecule has 0 aromatic heterocycles. The van der Waals surface area contributed by atoms with Gasteiger partial charge in [0.1, 0.15) is 0 Å². The summed E-state index contributed by atoms with van der Waals surface area (Å²) < 4.78 is 0.859. The highest BCUT2D eigenvalue weighted by Gasteiger charge is 2.23. The van der Waals surface area contributed by atoms with Crippen LogP contribution in [0.25, 0.3) is 0 Å². The highest BCUT2D eigenvalue weighted by atomic mass is 79.9. The molecule has 1 aromatic carbocycles. The highest BCUT2D eigenvalue weighted by molar-refractivity contribution is 9.10. The summed E-state index contributed by atoms with van der Waals surface area (Å²) in [5.74, 6) is -0.955. The first-order valence-corrected chi connectivity index (χ1v) is 6.56. The van der Waals surface area contributed by atoms with Crippen LogP contribution in [0, 0.1) is 6.92 Å². The second-order valence-electron chi connectivity index (χ2n) is 4.99. The van der Waals surface area contributed by atoms with Crippen LogP contribution in [-0.4, -0.2) is 22.6 Å². The van der Waals surface area contributed by atoms with Crippen LogP contribution in [0.1, 0.15) is 25.8 Å². The predicted molar refractivity (Wildman–Crippen MR) is 77.4 cm³/mol. The summed E-state index contributed by atoms with van der Waals surface area (Å²) in [6, 6.07) is 5.13. The van der Waals surface area contributed by atoms with Gasteiger partial charge in [-0.1, -0.05) is 22.0 Å². The van der Waals surface area contributed by atoms with Crippen LogP contribution in [0.15, 0.2) is 22.7 Å². The number of rotatable bonds is 4. The Kier molecular flexibility index (Phi) is 4.94. The van der Waals surface area contributed by atoms with E-state index in [1.165, 1.54) is 0 Å². The maximum absolute atomic E-state index is 11.8. The molecule has 0 atom stereocenters. The first-order valence-electron chi connectivity index (χ1n) is 5.77. The number of hydrogen-bond donors (Lipinski definition) is 3. The molecule has 19 heavy (non-hydrogen) atoms. The highest BCUT2D eigenvalue weighted by Crippen LogP contribution is 2.20. The van der Waals surface area contributed by atoms with Gasteiger partial charge in [-0.15, -0.1) is 0 Å². The Hall–Kier alpha value is -1.56. The van der Waals surface area contributed by atoms with Gasteiger partial charge >= 0.3 is 12.0 Å². The van der Waals surface area contributed by atoms with Gasteiger partial charge in [-0.25, -0.2) is 4.79 Å². The van der Waals surface area contributed by atoms with E-state index in [0.29, 0.717) is 5.69 Å². The number of benzene rings is 1. The fourth-order valence-electron chi connectivity index (χ4n) is 1.61. The van der Waals surface area contributed by atoms with E-state index in [9.17, 15) is 9.59 Å². The summed E-state index contributed by atoms with van der Waals surface area (Å²) in [4.78, 5) is 22.5. The molecule has 0 saturated carbocycles. The minimum Gasteiger partial charge on any atom is -0.481 e. The van der Waals surface area contributed by atoms with Crippen molar-refractivity contribution in [2.75, 3.05) is 5.32 Å². The van der Waals surface area contributed by atoms with Crippen molar-refractivity contribution in [2.45, 2.75) is 32.7 Å². The molecular weight excluding hydrogens is 312 g/mol. The van der Waals surface area contributed by atoms with Crippen molar-refractivity contribution in [1.29, 1.82) is 0 Å². The topological polar surface area (TPSA) is 78.4 Å². The van der Waals surface area contributed by atoms with Gasteiger partial charge in [0.15, 0.2) is 0 Å². The van der Waals surface area contributed by atoms with Gasteiger partial charge in [-0.3, -0.25) is 4.79 Å². The molecule has 0 saturated heterocycles. The third-order valence-electron chi connectivity index (χ3n) is 2.49. The minimum absolute atomic E-state index is 0.141. The standard InChI is InChI=1S/C13H17BrN2O3/c1-8-4-5-9(14)6-10(8)15-12(19)16-13(2,3)7-11(17)18/h4-6H,7H2,1-3H3,(H,17,18)(H2,15,16,19). The summed E-state index contributed by atoms with van der Waals surface area (Å²) in [5, 5.41) is 14.1. The first kappa shape index (κ1) is 15.5. The van der Waals surface area contributed by atoms with Gasteiger partial charge in [0.25, 0.3) is 0 Å². The molecule has 6 heteroatoms.